The fourth-order valence-electron chi connectivity index (χ4n) is 3.27. The van der Waals surface area contributed by atoms with Crippen LogP contribution in [0.25, 0.3) is 5.69 Å². The highest BCUT2D eigenvalue weighted by molar-refractivity contribution is 6.04. The Morgan fingerprint density at radius 2 is 1.31 bits per heavy atom. The molecule has 0 aliphatic carbocycles. The average Bonchev–Trinajstić information content (AvgIpc) is 3.08. The lowest BCUT2D eigenvalue weighted by Crippen LogP contribution is -2.12. The molecule has 4 nitrogen and oxygen atoms in total. The van der Waals surface area contributed by atoms with Crippen molar-refractivity contribution < 1.29 is 9.53 Å². The molecule has 1 amide bonds. The van der Waals surface area contributed by atoms with E-state index >= 15 is 0 Å². The number of hydrogen-bond donors (Lipinski definition) is 1. The van der Waals surface area contributed by atoms with Crippen molar-refractivity contribution in [2.24, 2.45) is 0 Å². The molecule has 0 spiro atoms. The Morgan fingerprint density at radius 1 is 0.724 bits per heavy atom. The Bertz CT molecular complexity index is 1090. The number of anilines is 1. The van der Waals surface area contributed by atoms with E-state index in [-0.39, 0.29) is 5.91 Å². The van der Waals surface area contributed by atoms with Crippen LogP contribution in [0.3, 0.4) is 0 Å². The van der Waals surface area contributed by atoms with Gasteiger partial charge in [-0.15, -0.1) is 0 Å². The van der Waals surface area contributed by atoms with Crippen molar-refractivity contribution in [3.05, 3.63) is 108 Å². The molecule has 0 atom stereocenters. The Balaban J connectivity index is 1.42. The summed E-state index contributed by atoms with van der Waals surface area (Å²) in [5, 5.41) is 2.92. The van der Waals surface area contributed by atoms with Crippen LogP contribution in [0.5, 0.6) is 11.5 Å². The molecule has 1 N–H and O–H groups in total. The molecule has 1 aromatic heterocycles. The number of carbonyl (C=O) groups excluding carboxylic acids is 1. The maximum absolute atomic E-state index is 12.6. The van der Waals surface area contributed by atoms with Gasteiger partial charge in [0.15, 0.2) is 0 Å². The minimum Gasteiger partial charge on any atom is -0.457 e. The van der Waals surface area contributed by atoms with E-state index in [1.54, 1.807) is 0 Å². The molecule has 144 valence electrons. The number of hydrogen-bond acceptors (Lipinski definition) is 2. The van der Waals surface area contributed by atoms with Gasteiger partial charge in [-0.2, -0.15) is 0 Å². The zero-order valence-electron chi connectivity index (χ0n) is 16.4. The first-order chi connectivity index (χ1) is 14.1. The first-order valence-electron chi connectivity index (χ1n) is 9.50. The predicted octanol–water partition coefficient (Wildman–Crippen LogP) is 6.14. The molecule has 0 saturated heterocycles. The Labute approximate surface area is 170 Å². The summed E-state index contributed by atoms with van der Waals surface area (Å²) in [5.41, 5.74) is 4.71. The summed E-state index contributed by atoms with van der Waals surface area (Å²) in [4.78, 5) is 12.6. The minimum absolute atomic E-state index is 0.144. The van der Waals surface area contributed by atoms with Crippen molar-refractivity contribution in [2.45, 2.75) is 13.8 Å². The molecule has 0 aliphatic heterocycles. The van der Waals surface area contributed by atoms with Crippen LogP contribution in [0, 0.1) is 13.8 Å². The molecule has 0 saturated carbocycles. The van der Waals surface area contributed by atoms with E-state index in [1.165, 1.54) is 0 Å². The topological polar surface area (TPSA) is 43.3 Å². The van der Waals surface area contributed by atoms with E-state index in [4.69, 9.17) is 4.74 Å². The number of ether oxygens (including phenoxy) is 1. The highest BCUT2D eigenvalue weighted by Gasteiger charge is 2.09. The molecule has 4 rings (SSSR count). The van der Waals surface area contributed by atoms with Crippen molar-refractivity contribution in [1.29, 1.82) is 0 Å². The Kier molecular flexibility index (Phi) is 5.16. The number of rotatable bonds is 5. The average molecular weight is 382 g/mol. The molecular weight excluding hydrogens is 360 g/mol. The van der Waals surface area contributed by atoms with Gasteiger partial charge in [0, 0.05) is 28.3 Å². The first-order valence-corrected chi connectivity index (χ1v) is 9.50. The van der Waals surface area contributed by atoms with Crippen LogP contribution in [0.15, 0.2) is 91.0 Å². The normalized spacial score (nSPS) is 10.6. The second-order valence-corrected chi connectivity index (χ2v) is 6.89. The molecule has 0 unspecified atom stereocenters. The summed E-state index contributed by atoms with van der Waals surface area (Å²) in [7, 11) is 0. The molecule has 29 heavy (non-hydrogen) atoms. The minimum atomic E-state index is -0.144. The summed E-state index contributed by atoms with van der Waals surface area (Å²) in [6, 6.07) is 28.7. The van der Waals surface area contributed by atoms with E-state index in [9.17, 15) is 4.79 Å². The first kappa shape index (κ1) is 18.6. The summed E-state index contributed by atoms with van der Waals surface area (Å²) >= 11 is 0. The van der Waals surface area contributed by atoms with Crippen molar-refractivity contribution in [1.82, 2.24) is 4.57 Å². The van der Waals surface area contributed by atoms with Crippen LogP contribution in [0.2, 0.25) is 0 Å². The number of carbonyl (C=O) groups is 1. The van der Waals surface area contributed by atoms with Crippen LogP contribution in [0.4, 0.5) is 5.69 Å². The summed E-state index contributed by atoms with van der Waals surface area (Å²) in [6.07, 6.45) is 0. The number of benzene rings is 3. The van der Waals surface area contributed by atoms with Gasteiger partial charge >= 0.3 is 0 Å². The third-order valence-electron chi connectivity index (χ3n) is 4.75. The van der Waals surface area contributed by atoms with Gasteiger partial charge in [0.1, 0.15) is 11.5 Å². The Hall–Kier alpha value is -3.79. The fraction of sp³-hybridized carbons (Fsp3) is 0.0800. The molecular formula is C25H22N2O2. The third kappa shape index (κ3) is 4.22. The van der Waals surface area contributed by atoms with E-state index in [1.807, 2.05) is 78.9 Å². The van der Waals surface area contributed by atoms with Crippen LogP contribution in [-0.4, -0.2) is 10.5 Å². The van der Waals surface area contributed by atoms with Crippen molar-refractivity contribution in [3.63, 3.8) is 0 Å². The molecule has 0 aliphatic rings. The van der Waals surface area contributed by atoms with Crippen LogP contribution < -0.4 is 10.1 Å². The van der Waals surface area contributed by atoms with Gasteiger partial charge < -0.3 is 14.6 Å². The van der Waals surface area contributed by atoms with Gasteiger partial charge in [-0.1, -0.05) is 18.2 Å². The van der Waals surface area contributed by atoms with Gasteiger partial charge in [0.2, 0.25) is 0 Å². The van der Waals surface area contributed by atoms with Gasteiger partial charge in [-0.3, -0.25) is 4.79 Å². The van der Waals surface area contributed by atoms with Crippen LogP contribution >= 0.6 is 0 Å². The lowest BCUT2D eigenvalue weighted by Gasteiger charge is -2.11. The summed E-state index contributed by atoms with van der Waals surface area (Å²) in [5.74, 6) is 1.35. The largest absolute Gasteiger partial charge is 0.457 e. The smallest absolute Gasteiger partial charge is 0.255 e. The molecule has 3 aromatic carbocycles. The number of nitrogens with zero attached hydrogens (tertiary/aromatic N) is 1. The lowest BCUT2D eigenvalue weighted by atomic mass is 10.2. The van der Waals surface area contributed by atoms with Crippen molar-refractivity contribution in [3.8, 4) is 17.2 Å². The predicted molar refractivity (Wildman–Crippen MR) is 116 cm³/mol. The van der Waals surface area contributed by atoms with Gasteiger partial charge in [0.05, 0.1) is 0 Å². The Morgan fingerprint density at radius 3 is 1.93 bits per heavy atom. The van der Waals surface area contributed by atoms with Crippen LogP contribution in [0.1, 0.15) is 21.7 Å². The fourth-order valence-corrected chi connectivity index (χ4v) is 3.27. The van der Waals surface area contributed by atoms with Gasteiger partial charge in [-0.25, -0.2) is 0 Å². The maximum atomic E-state index is 12.6. The van der Waals surface area contributed by atoms with Gasteiger partial charge in [-0.05, 0) is 86.6 Å². The zero-order valence-corrected chi connectivity index (χ0v) is 16.4. The van der Waals surface area contributed by atoms with Crippen LogP contribution in [-0.2, 0) is 0 Å². The number of nitrogens with one attached hydrogen (secondary N) is 1. The summed E-state index contributed by atoms with van der Waals surface area (Å²) in [6.45, 7) is 4.14. The lowest BCUT2D eigenvalue weighted by molar-refractivity contribution is 0.102. The molecule has 0 radical (unpaired) electrons. The third-order valence-corrected chi connectivity index (χ3v) is 4.75. The number of amides is 1. The number of aromatic nitrogens is 1. The molecule has 4 heteroatoms. The summed E-state index contributed by atoms with van der Waals surface area (Å²) < 4.78 is 7.94. The molecule has 0 fully saturated rings. The number of aryl methyl sites for hydroxylation is 2. The van der Waals surface area contributed by atoms with E-state index in [0.717, 1.165) is 34.3 Å². The monoisotopic (exact) mass is 382 g/mol. The second kappa shape index (κ2) is 8.07. The zero-order chi connectivity index (χ0) is 20.2. The van der Waals surface area contributed by atoms with E-state index < -0.39 is 0 Å². The highest BCUT2D eigenvalue weighted by Crippen LogP contribution is 2.23. The maximum Gasteiger partial charge on any atom is 0.255 e. The SMILES string of the molecule is Cc1ccc(C)n1-c1ccc(C(=O)Nc2ccc(Oc3ccccc3)cc2)cc1. The molecule has 0 bridgehead atoms. The van der Waals surface area contributed by atoms with Crippen molar-refractivity contribution in [2.75, 3.05) is 5.32 Å². The molecule has 4 aromatic rings. The van der Waals surface area contributed by atoms with Crippen molar-refractivity contribution >= 4 is 11.6 Å². The van der Waals surface area contributed by atoms with E-state index in [0.29, 0.717) is 5.56 Å². The standard InChI is InChI=1S/C25H22N2O2/c1-18-8-9-19(2)27(18)22-14-10-20(11-15-22)25(28)26-21-12-16-24(17-13-21)29-23-6-4-3-5-7-23/h3-17H,1-2H3,(H,26,28). The molecule has 1 heterocycles. The van der Waals surface area contributed by atoms with Gasteiger partial charge in [0.25, 0.3) is 5.91 Å². The highest BCUT2D eigenvalue weighted by atomic mass is 16.5. The van der Waals surface area contributed by atoms with E-state index in [2.05, 4.69) is 35.9 Å². The quantitative estimate of drug-likeness (QED) is 0.451. The second-order valence-electron chi connectivity index (χ2n) is 6.89. The number of para-hydroxylation sites is 1.